The van der Waals surface area contributed by atoms with Gasteiger partial charge < -0.3 is 5.11 Å². The SMILES string of the molecule is Brc1ccccc1.CC(C)C.CCC/C=c1\sc(C(=O)CCC)n\c1=C\C1=C(C)CCCC1.CCCC(O)CCC(C)CC.CCCCC. The van der Waals surface area contributed by atoms with Crippen molar-refractivity contribution in [3.63, 3.8) is 0 Å². The summed E-state index contributed by atoms with van der Waals surface area (Å²) in [7, 11) is 0. The number of benzene rings is 1. The van der Waals surface area contributed by atoms with E-state index in [0.29, 0.717) is 11.4 Å². The van der Waals surface area contributed by atoms with Crippen molar-refractivity contribution in [1.82, 2.24) is 4.98 Å². The second-order valence-electron chi connectivity index (χ2n) is 14.0. The van der Waals surface area contributed by atoms with Gasteiger partial charge in [0.1, 0.15) is 0 Å². The summed E-state index contributed by atoms with van der Waals surface area (Å²) in [6.07, 6.45) is 22.5. The number of unbranched alkanes of at least 4 members (excludes halogenated alkanes) is 3. The number of allylic oxidation sites excluding steroid dienone is 2. The van der Waals surface area contributed by atoms with E-state index in [2.05, 4.69) is 102 Å². The molecule has 1 heterocycles. The Bertz CT molecular complexity index is 1200. The van der Waals surface area contributed by atoms with Gasteiger partial charge in [-0.15, -0.1) is 11.3 Å². The maximum Gasteiger partial charge on any atom is 0.191 e. The smallest absolute Gasteiger partial charge is 0.191 e. The molecule has 49 heavy (non-hydrogen) atoms. The maximum atomic E-state index is 12.1. The molecule has 1 N–H and O–H groups in total. The molecule has 2 aromatic rings. The van der Waals surface area contributed by atoms with Gasteiger partial charge in [0.25, 0.3) is 0 Å². The molecule has 0 amide bonds. The Kier molecular flexibility index (Phi) is 34.0. The van der Waals surface area contributed by atoms with Crippen LogP contribution in [0.2, 0.25) is 0 Å². The molecular weight excluding hydrogens is 686 g/mol. The van der Waals surface area contributed by atoms with Crippen LogP contribution in [0, 0.1) is 11.8 Å². The molecule has 1 aliphatic carbocycles. The molecule has 0 aliphatic heterocycles. The number of hydrogen-bond donors (Lipinski definition) is 1. The zero-order valence-electron chi connectivity index (χ0n) is 33.7. The van der Waals surface area contributed by atoms with Crippen molar-refractivity contribution < 1.29 is 9.90 Å². The lowest BCUT2D eigenvalue weighted by Crippen LogP contribution is -2.21. The highest BCUT2D eigenvalue weighted by Crippen LogP contribution is 2.25. The third-order valence-corrected chi connectivity index (χ3v) is 9.51. The van der Waals surface area contributed by atoms with Crippen LogP contribution in [0.4, 0.5) is 0 Å². The average molecular weight is 763 g/mol. The van der Waals surface area contributed by atoms with Gasteiger partial charge in [-0.25, -0.2) is 4.98 Å². The normalized spacial score (nSPS) is 14.3. The summed E-state index contributed by atoms with van der Waals surface area (Å²) in [5.41, 5.74) is 2.92. The number of carbonyl (C=O) groups is 1. The topological polar surface area (TPSA) is 50.2 Å². The summed E-state index contributed by atoms with van der Waals surface area (Å²) in [5.74, 6) is 1.80. The first-order valence-electron chi connectivity index (χ1n) is 19.7. The van der Waals surface area contributed by atoms with Crippen molar-refractivity contribution in [2.24, 2.45) is 11.8 Å². The van der Waals surface area contributed by atoms with Crippen LogP contribution in [-0.2, 0) is 0 Å². The van der Waals surface area contributed by atoms with Gasteiger partial charge in [0.2, 0.25) is 0 Å². The summed E-state index contributed by atoms with van der Waals surface area (Å²) >= 11 is 4.88. The molecule has 2 atom stereocenters. The first kappa shape index (κ1) is 49.6. The number of aliphatic hydroxyl groups excluding tert-OH is 1. The Morgan fingerprint density at radius 3 is 1.94 bits per heavy atom. The minimum atomic E-state index is -0.0472. The quantitative estimate of drug-likeness (QED) is 0.195. The first-order chi connectivity index (χ1) is 23.4. The lowest BCUT2D eigenvalue weighted by Gasteiger charge is -2.13. The van der Waals surface area contributed by atoms with Gasteiger partial charge in [-0.3, -0.25) is 4.79 Å². The summed E-state index contributed by atoms with van der Waals surface area (Å²) in [6.45, 7) is 23.9. The van der Waals surface area contributed by atoms with Crippen molar-refractivity contribution >= 4 is 45.2 Å². The zero-order chi connectivity index (χ0) is 37.5. The largest absolute Gasteiger partial charge is 0.393 e. The molecule has 0 saturated heterocycles. The van der Waals surface area contributed by atoms with E-state index >= 15 is 0 Å². The molecule has 1 aliphatic rings. The molecule has 0 radical (unpaired) electrons. The Balaban J connectivity index is 0. The van der Waals surface area contributed by atoms with Gasteiger partial charge in [0.15, 0.2) is 10.8 Å². The van der Waals surface area contributed by atoms with E-state index in [4.69, 9.17) is 0 Å². The number of Topliss-reactive ketones (excluding diaryl/α,β-unsaturated/α-hetero) is 1. The van der Waals surface area contributed by atoms with Crippen molar-refractivity contribution in [2.45, 2.75) is 185 Å². The fourth-order valence-electron chi connectivity index (χ4n) is 4.69. The van der Waals surface area contributed by atoms with Gasteiger partial charge in [-0.1, -0.05) is 154 Å². The van der Waals surface area contributed by atoms with Crippen LogP contribution in [0.5, 0.6) is 0 Å². The van der Waals surface area contributed by atoms with Crippen molar-refractivity contribution in [1.29, 1.82) is 0 Å². The van der Waals surface area contributed by atoms with E-state index in [-0.39, 0.29) is 11.9 Å². The highest BCUT2D eigenvalue weighted by Gasteiger charge is 2.11. The molecule has 0 fully saturated rings. The van der Waals surface area contributed by atoms with Gasteiger partial charge in [-0.05, 0) is 100 Å². The molecule has 0 spiro atoms. The average Bonchev–Trinajstić information content (AvgIpc) is 3.48. The molecule has 0 saturated carbocycles. The molecule has 3 nitrogen and oxygen atoms in total. The lowest BCUT2D eigenvalue weighted by molar-refractivity contribution is 0.0981. The predicted molar refractivity (Wildman–Crippen MR) is 225 cm³/mol. The van der Waals surface area contributed by atoms with Crippen LogP contribution in [0.15, 0.2) is 46.0 Å². The van der Waals surface area contributed by atoms with E-state index in [0.717, 1.165) is 66.6 Å². The monoisotopic (exact) mass is 761 g/mol. The lowest BCUT2D eigenvalue weighted by atomic mass is 9.92. The van der Waals surface area contributed by atoms with Crippen LogP contribution in [0.25, 0.3) is 12.2 Å². The number of halogens is 1. The minimum absolute atomic E-state index is 0.0472. The standard InChI is InChI=1S/C19H27NOS.C10H22O.C6H5Br.C5H12.C4H10/c1-4-6-12-18-16(13-15-11-8-7-10-14(15)3)20-19(22-18)17(21)9-5-2;1-4-6-10(11)8-7-9(3)5-2;7-6-4-2-1-3-5-6;1-3-5-4-2;1-4(2)3/h12-13H,4-11H2,1-3H3;9-11H,4-8H2,1-3H3;1-5H;3-5H2,1-2H3;4H,1-3H3/b16-13+,18-12-;;;;. The predicted octanol–water partition coefficient (Wildman–Crippen LogP) is 13.7. The fraction of sp³-hybridized carbons (Fsp3) is 0.682. The van der Waals surface area contributed by atoms with Crippen molar-refractivity contribution in [3.8, 4) is 0 Å². The van der Waals surface area contributed by atoms with Crippen LogP contribution >= 0.6 is 27.3 Å². The van der Waals surface area contributed by atoms with E-state index in [1.165, 1.54) is 67.0 Å². The van der Waals surface area contributed by atoms with Crippen molar-refractivity contribution in [2.75, 3.05) is 0 Å². The van der Waals surface area contributed by atoms with Crippen LogP contribution < -0.4 is 9.88 Å². The maximum absolute atomic E-state index is 12.1. The van der Waals surface area contributed by atoms with Gasteiger partial charge in [-0.2, -0.15) is 0 Å². The molecule has 0 bridgehead atoms. The van der Waals surface area contributed by atoms with Crippen molar-refractivity contribution in [3.05, 3.63) is 60.8 Å². The Labute approximate surface area is 316 Å². The Morgan fingerprint density at radius 1 is 0.878 bits per heavy atom. The Morgan fingerprint density at radius 2 is 1.49 bits per heavy atom. The summed E-state index contributed by atoms with van der Waals surface area (Å²) in [4.78, 5) is 16.8. The van der Waals surface area contributed by atoms with E-state index in [9.17, 15) is 9.90 Å². The number of rotatable bonds is 14. The van der Waals surface area contributed by atoms with Gasteiger partial charge in [0, 0.05) is 10.9 Å². The summed E-state index contributed by atoms with van der Waals surface area (Å²) in [6, 6.07) is 9.97. The van der Waals surface area contributed by atoms with Crippen LogP contribution in [0.1, 0.15) is 189 Å². The number of hydrogen-bond acceptors (Lipinski definition) is 4. The second kappa shape index (κ2) is 33.6. The number of thiazole rings is 1. The number of aliphatic hydroxyl groups is 1. The fourth-order valence-corrected chi connectivity index (χ4v) is 5.97. The number of nitrogens with zero attached hydrogens (tertiary/aromatic N) is 1. The number of aromatic nitrogens is 1. The highest BCUT2D eigenvalue weighted by molar-refractivity contribution is 9.10. The van der Waals surface area contributed by atoms with Crippen LogP contribution in [-0.4, -0.2) is 22.0 Å². The Hall–Kier alpha value is -1.56. The molecule has 5 heteroatoms. The molecular formula is C44H76BrNO2S. The van der Waals surface area contributed by atoms with Gasteiger partial charge in [0.05, 0.1) is 16.0 Å². The van der Waals surface area contributed by atoms with E-state index in [1.807, 2.05) is 37.3 Å². The minimum Gasteiger partial charge on any atom is -0.393 e. The number of ketones is 1. The van der Waals surface area contributed by atoms with E-state index < -0.39 is 0 Å². The molecule has 282 valence electrons. The summed E-state index contributed by atoms with van der Waals surface area (Å²) in [5, 5.41) is 11.1. The van der Waals surface area contributed by atoms with E-state index in [1.54, 1.807) is 11.3 Å². The number of carbonyl (C=O) groups excluding carboxylic acids is 1. The first-order valence-corrected chi connectivity index (χ1v) is 21.3. The van der Waals surface area contributed by atoms with Gasteiger partial charge >= 0.3 is 0 Å². The molecule has 3 rings (SSSR count). The molecule has 1 aromatic heterocycles. The molecule has 2 unspecified atom stereocenters. The highest BCUT2D eigenvalue weighted by atomic mass is 79.9. The third-order valence-electron chi connectivity index (χ3n) is 7.87. The summed E-state index contributed by atoms with van der Waals surface area (Å²) < 4.78 is 2.31. The zero-order valence-corrected chi connectivity index (χ0v) is 36.1. The second-order valence-corrected chi connectivity index (χ2v) is 16.0. The molecule has 1 aromatic carbocycles. The third kappa shape index (κ3) is 28.8. The van der Waals surface area contributed by atoms with Crippen LogP contribution in [0.3, 0.4) is 0 Å².